The molecule has 2 rings (SSSR count). The molecule has 0 spiro atoms. The standard InChI is InChI=1S/C16H16Cl3F2N3O3/c1-4-26-15(25)7(2)22-11-5-8(9(17)6-10(11)18)13-12(19)14(24(3)23-13)27-16(20)21/h5-7,16,22H,4H2,1-3H3. The van der Waals surface area contributed by atoms with E-state index in [9.17, 15) is 13.6 Å². The molecule has 1 aromatic heterocycles. The Hall–Kier alpha value is -1.77. The normalized spacial score (nSPS) is 12.2. The van der Waals surface area contributed by atoms with Crippen LogP contribution in [0.25, 0.3) is 11.3 Å². The summed E-state index contributed by atoms with van der Waals surface area (Å²) in [6, 6.07) is 2.26. The molecule has 11 heteroatoms. The van der Waals surface area contributed by atoms with Crippen molar-refractivity contribution >= 4 is 46.5 Å². The van der Waals surface area contributed by atoms with Gasteiger partial charge in [0.2, 0.25) is 5.88 Å². The molecule has 0 saturated heterocycles. The fraction of sp³-hybridized carbons (Fsp3) is 0.375. The van der Waals surface area contributed by atoms with Crippen LogP contribution < -0.4 is 10.1 Å². The summed E-state index contributed by atoms with van der Waals surface area (Å²) in [6.45, 7) is 0.473. The second-order valence-corrected chi connectivity index (χ2v) is 6.59. The molecule has 0 amide bonds. The zero-order valence-electron chi connectivity index (χ0n) is 14.5. The number of nitrogens with one attached hydrogen (secondary N) is 1. The molecule has 0 aliphatic carbocycles. The molecule has 6 nitrogen and oxygen atoms in total. The van der Waals surface area contributed by atoms with Crippen LogP contribution >= 0.6 is 34.8 Å². The highest BCUT2D eigenvalue weighted by molar-refractivity contribution is 6.39. The number of anilines is 1. The smallest absolute Gasteiger partial charge is 0.388 e. The van der Waals surface area contributed by atoms with Crippen molar-refractivity contribution in [3.8, 4) is 17.1 Å². The van der Waals surface area contributed by atoms with Crippen LogP contribution in [-0.2, 0) is 16.6 Å². The van der Waals surface area contributed by atoms with Crippen molar-refractivity contribution in [1.29, 1.82) is 0 Å². The average molecular weight is 443 g/mol. The van der Waals surface area contributed by atoms with Gasteiger partial charge in [-0.1, -0.05) is 34.8 Å². The Balaban J connectivity index is 2.43. The van der Waals surface area contributed by atoms with E-state index < -0.39 is 18.6 Å². The number of carbonyl (C=O) groups is 1. The summed E-state index contributed by atoms with van der Waals surface area (Å²) in [7, 11) is 1.40. The van der Waals surface area contributed by atoms with Crippen molar-refractivity contribution in [1.82, 2.24) is 9.78 Å². The maximum absolute atomic E-state index is 12.6. The SMILES string of the molecule is CCOC(=O)C(C)Nc1cc(-c2nn(C)c(OC(F)F)c2Cl)c(Cl)cc1Cl. The summed E-state index contributed by atoms with van der Waals surface area (Å²) in [6.07, 6.45) is 0. The first-order valence-corrected chi connectivity index (χ1v) is 8.88. The summed E-state index contributed by atoms with van der Waals surface area (Å²) in [5, 5.41) is 7.31. The number of halogens is 5. The molecule has 2 aromatic rings. The third-order valence-electron chi connectivity index (χ3n) is 3.46. The van der Waals surface area contributed by atoms with E-state index in [0.717, 1.165) is 4.68 Å². The molecule has 0 radical (unpaired) electrons. The quantitative estimate of drug-likeness (QED) is 0.611. The van der Waals surface area contributed by atoms with Crippen molar-refractivity contribution in [3.63, 3.8) is 0 Å². The van der Waals surface area contributed by atoms with E-state index in [-0.39, 0.29) is 33.2 Å². The van der Waals surface area contributed by atoms with Crippen molar-refractivity contribution in [2.45, 2.75) is 26.5 Å². The van der Waals surface area contributed by atoms with Crippen LogP contribution in [-0.4, -0.2) is 35.0 Å². The number of hydrogen-bond acceptors (Lipinski definition) is 5. The van der Waals surface area contributed by atoms with Gasteiger partial charge in [0.25, 0.3) is 0 Å². The van der Waals surface area contributed by atoms with E-state index in [4.69, 9.17) is 39.5 Å². The van der Waals surface area contributed by atoms with Crippen LogP contribution in [0.3, 0.4) is 0 Å². The molecule has 0 saturated carbocycles. The van der Waals surface area contributed by atoms with E-state index in [1.165, 1.54) is 19.2 Å². The Morgan fingerprint density at radius 1 is 1.30 bits per heavy atom. The minimum absolute atomic E-state index is 0.128. The van der Waals surface area contributed by atoms with Gasteiger partial charge in [0.1, 0.15) is 16.8 Å². The number of esters is 1. The van der Waals surface area contributed by atoms with Gasteiger partial charge in [-0.3, -0.25) is 0 Å². The first-order chi connectivity index (χ1) is 12.6. The summed E-state index contributed by atoms with van der Waals surface area (Å²) in [5.74, 6) is -0.768. The molecule has 0 aliphatic rings. The largest absolute Gasteiger partial charge is 0.464 e. The molecule has 0 fully saturated rings. The van der Waals surface area contributed by atoms with Crippen molar-refractivity contribution in [2.24, 2.45) is 7.05 Å². The minimum atomic E-state index is -3.06. The van der Waals surface area contributed by atoms with Crippen molar-refractivity contribution in [3.05, 3.63) is 27.2 Å². The van der Waals surface area contributed by atoms with Gasteiger partial charge in [-0.25, -0.2) is 9.48 Å². The second-order valence-electron chi connectivity index (χ2n) is 5.40. The number of rotatable bonds is 7. The Bertz CT molecular complexity index is 846. The lowest BCUT2D eigenvalue weighted by Crippen LogP contribution is -2.28. The highest BCUT2D eigenvalue weighted by Crippen LogP contribution is 2.41. The fourth-order valence-electron chi connectivity index (χ4n) is 2.27. The molecule has 27 heavy (non-hydrogen) atoms. The molecular formula is C16H16Cl3F2N3O3. The number of hydrogen-bond donors (Lipinski definition) is 1. The van der Waals surface area contributed by atoms with Gasteiger partial charge in [-0.15, -0.1) is 0 Å². The third kappa shape index (κ3) is 4.94. The lowest BCUT2D eigenvalue weighted by atomic mass is 10.1. The number of ether oxygens (including phenoxy) is 2. The summed E-state index contributed by atoms with van der Waals surface area (Å²) >= 11 is 18.5. The topological polar surface area (TPSA) is 65.4 Å². The summed E-state index contributed by atoms with van der Waals surface area (Å²) in [4.78, 5) is 11.8. The highest BCUT2D eigenvalue weighted by Gasteiger charge is 2.23. The van der Waals surface area contributed by atoms with Crippen molar-refractivity contribution < 1.29 is 23.0 Å². The summed E-state index contributed by atoms with van der Waals surface area (Å²) in [5.41, 5.74) is 0.822. The van der Waals surface area contributed by atoms with Crippen LogP contribution in [0.5, 0.6) is 5.88 Å². The Morgan fingerprint density at radius 2 is 1.96 bits per heavy atom. The molecular weight excluding hydrogens is 427 g/mol. The zero-order valence-corrected chi connectivity index (χ0v) is 16.8. The van der Waals surface area contributed by atoms with Crippen LogP contribution in [0.1, 0.15) is 13.8 Å². The lowest BCUT2D eigenvalue weighted by Gasteiger charge is -2.16. The van der Waals surface area contributed by atoms with E-state index in [1.54, 1.807) is 13.8 Å². The van der Waals surface area contributed by atoms with Gasteiger partial charge in [-0.2, -0.15) is 13.9 Å². The van der Waals surface area contributed by atoms with Gasteiger partial charge < -0.3 is 14.8 Å². The number of aromatic nitrogens is 2. The van der Waals surface area contributed by atoms with Crippen LogP contribution in [0.15, 0.2) is 12.1 Å². The maximum Gasteiger partial charge on any atom is 0.388 e. The van der Waals surface area contributed by atoms with Gasteiger partial charge in [0.15, 0.2) is 0 Å². The molecule has 1 unspecified atom stereocenters. The van der Waals surface area contributed by atoms with E-state index >= 15 is 0 Å². The predicted octanol–water partition coefficient (Wildman–Crippen LogP) is 5.01. The maximum atomic E-state index is 12.6. The monoisotopic (exact) mass is 441 g/mol. The number of alkyl halides is 2. The zero-order chi connectivity index (χ0) is 20.3. The number of benzene rings is 1. The predicted molar refractivity (Wildman–Crippen MR) is 100 cm³/mol. The molecule has 0 bridgehead atoms. The Labute approximate surface area is 169 Å². The fourth-order valence-corrected chi connectivity index (χ4v) is 3.10. The van der Waals surface area contributed by atoms with Gasteiger partial charge >= 0.3 is 12.6 Å². The van der Waals surface area contributed by atoms with Gasteiger partial charge in [-0.05, 0) is 26.0 Å². The van der Waals surface area contributed by atoms with Crippen molar-refractivity contribution in [2.75, 3.05) is 11.9 Å². The van der Waals surface area contributed by atoms with E-state index in [2.05, 4.69) is 15.2 Å². The van der Waals surface area contributed by atoms with Crippen LogP contribution in [0.2, 0.25) is 15.1 Å². The highest BCUT2D eigenvalue weighted by atomic mass is 35.5. The Kier molecular flexibility index (Phi) is 7.13. The number of carbonyl (C=O) groups excluding carboxylic acids is 1. The number of nitrogens with zero attached hydrogens (tertiary/aromatic N) is 2. The third-order valence-corrected chi connectivity index (χ3v) is 4.43. The van der Waals surface area contributed by atoms with Crippen LogP contribution in [0, 0.1) is 0 Å². The lowest BCUT2D eigenvalue weighted by molar-refractivity contribution is -0.143. The second kappa shape index (κ2) is 8.95. The molecule has 1 aromatic carbocycles. The van der Waals surface area contributed by atoms with Gasteiger partial charge in [0.05, 0.1) is 22.3 Å². The summed E-state index contributed by atoms with van der Waals surface area (Å²) < 4.78 is 35.5. The molecule has 148 valence electrons. The molecule has 1 atom stereocenters. The average Bonchev–Trinajstić information content (AvgIpc) is 2.85. The molecule has 1 heterocycles. The van der Waals surface area contributed by atoms with Crippen LogP contribution in [0.4, 0.5) is 14.5 Å². The molecule has 1 N–H and O–H groups in total. The van der Waals surface area contributed by atoms with Gasteiger partial charge in [0, 0.05) is 12.6 Å². The number of aryl methyl sites for hydroxylation is 1. The minimum Gasteiger partial charge on any atom is -0.464 e. The van der Waals surface area contributed by atoms with E-state index in [0.29, 0.717) is 11.3 Å². The first-order valence-electron chi connectivity index (χ1n) is 7.75. The Morgan fingerprint density at radius 3 is 2.56 bits per heavy atom. The van der Waals surface area contributed by atoms with E-state index in [1.807, 2.05) is 0 Å². The first kappa shape index (κ1) is 21.5. The molecule has 0 aliphatic heterocycles.